The number of likely N-dealkylation sites (N-methyl/N-ethyl adjacent to an activating group) is 1. The van der Waals surface area contributed by atoms with Gasteiger partial charge in [0.05, 0.1) is 0 Å². The molecule has 0 aliphatic rings. The van der Waals surface area contributed by atoms with E-state index in [0.717, 1.165) is 18.0 Å². The Morgan fingerprint density at radius 3 is 2.23 bits per heavy atom. The van der Waals surface area contributed by atoms with Crippen molar-refractivity contribution in [3.05, 3.63) is 12.2 Å². The first-order chi connectivity index (χ1) is 10.4. The van der Waals surface area contributed by atoms with E-state index < -0.39 is 5.91 Å². The molecule has 8 heteroatoms. The van der Waals surface area contributed by atoms with Gasteiger partial charge in [0.2, 0.25) is 5.91 Å². The zero-order valence-electron chi connectivity index (χ0n) is 13.1. The highest BCUT2D eigenvalue weighted by atomic mass is 16.7. The van der Waals surface area contributed by atoms with E-state index in [0.29, 0.717) is 12.6 Å². The molecule has 0 rings (SSSR count). The number of nitrogens with zero attached hydrogens (tertiary/aromatic N) is 2. The second-order valence-corrected chi connectivity index (χ2v) is 4.05. The van der Waals surface area contributed by atoms with Crippen LogP contribution in [-0.4, -0.2) is 61.5 Å². The molecule has 0 bridgehead atoms. The molecule has 0 aromatic rings. The van der Waals surface area contributed by atoms with Crippen molar-refractivity contribution >= 4 is 30.9 Å². The Kier molecular flexibility index (Phi) is 14.7. The van der Waals surface area contributed by atoms with E-state index in [1.807, 2.05) is 6.92 Å². The van der Waals surface area contributed by atoms with Gasteiger partial charge in [-0.2, -0.15) is 5.06 Å². The second-order valence-electron chi connectivity index (χ2n) is 4.05. The average Bonchev–Trinajstić information content (AvgIpc) is 2.51. The van der Waals surface area contributed by atoms with Crippen molar-refractivity contribution < 1.29 is 28.8 Å². The number of rotatable bonds is 9. The fourth-order valence-electron chi connectivity index (χ4n) is 1.16. The van der Waals surface area contributed by atoms with Gasteiger partial charge in [-0.1, -0.05) is 6.92 Å². The quantitative estimate of drug-likeness (QED) is 0.340. The molecule has 0 aromatic carbocycles. The van der Waals surface area contributed by atoms with E-state index in [1.54, 1.807) is 11.9 Å². The molecule has 0 unspecified atom stereocenters. The van der Waals surface area contributed by atoms with E-state index >= 15 is 0 Å². The zero-order valence-corrected chi connectivity index (χ0v) is 13.1. The summed E-state index contributed by atoms with van der Waals surface area (Å²) in [4.78, 5) is 56.9. The molecule has 0 radical (unpaired) electrons. The fourth-order valence-corrected chi connectivity index (χ4v) is 1.16. The number of carbonyl (C=O) groups excluding carboxylic acids is 5. The highest BCUT2D eigenvalue weighted by Crippen LogP contribution is 1.92. The predicted octanol–water partition coefficient (Wildman–Crippen LogP) is 0.122. The van der Waals surface area contributed by atoms with Gasteiger partial charge in [-0.05, 0) is 12.5 Å². The minimum absolute atomic E-state index is 0.0633. The van der Waals surface area contributed by atoms with E-state index in [-0.39, 0.29) is 25.2 Å². The first kappa shape index (κ1) is 21.8. The Hall–Kier alpha value is -2.51. The van der Waals surface area contributed by atoms with Gasteiger partial charge < -0.3 is 14.5 Å². The Labute approximate surface area is 129 Å². The lowest BCUT2D eigenvalue weighted by atomic mass is 10.3. The van der Waals surface area contributed by atoms with Gasteiger partial charge in [-0.3, -0.25) is 19.2 Å². The van der Waals surface area contributed by atoms with Crippen LogP contribution in [-0.2, 0) is 28.8 Å². The smallest absolute Gasteiger partial charge is 0.320 e. The van der Waals surface area contributed by atoms with Crippen LogP contribution in [0.2, 0.25) is 0 Å². The summed E-state index contributed by atoms with van der Waals surface area (Å²) < 4.78 is 0. The van der Waals surface area contributed by atoms with E-state index in [1.165, 1.54) is 19.2 Å². The largest absolute Gasteiger partial charge is 0.342 e. The highest BCUT2D eigenvalue weighted by Gasteiger charge is 2.07. The molecular formula is C14H22N2O6. The van der Waals surface area contributed by atoms with E-state index in [9.17, 15) is 24.0 Å². The Morgan fingerprint density at radius 2 is 1.77 bits per heavy atom. The molecular weight excluding hydrogens is 292 g/mol. The standard InChI is InChI=1S/C8H13NO2.C6H9NO4/c1-3-6-9(2)8(11)5-4-7-10;1-7(11-5-9)6(10)3-2-4-8/h4-5,7H,3,6H2,1-2H3;4-5H,2-3H2,1H3/b5-4-;. The first-order valence-electron chi connectivity index (χ1n) is 6.62. The maximum Gasteiger partial charge on any atom is 0.320 e. The van der Waals surface area contributed by atoms with Gasteiger partial charge in [0, 0.05) is 39.6 Å². The van der Waals surface area contributed by atoms with Crippen LogP contribution in [0.5, 0.6) is 0 Å². The minimum atomic E-state index is -0.399. The maximum absolute atomic E-state index is 11.0. The van der Waals surface area contributed by atoms with Crippen molar-refractivity contribution in [2.75, 3.05) is 20.6 Å². The van der Waals surface area contributed by atoms with Crippen molar-refractivity contribution in [2.45, 2.75) is 26.2 Å². The molecule has 0 saturated carbocycles. The third-order valence-corrected chi connectivity index (χ3v) is 2.28. The molecule has 0 N–H and O–H groups in total. The van der Waals surface area contributed by atoms with Crippen LogP contribution in [0.3, 0.4) is 0 Å². The summed E-state index contributed by atoms with van der Waals surface area (Å²) in [5.74, 6) is -0.525. The van der Waals surface area contributed by atoms with Crippen LogP contribution in [0.25, 0.3) is 0 Å². The minimum Gasteiger partial charge on any atom is -0.342 e. The fraction of sp³-hybridized carbons (Fsp3) is 0.500. The number of hydrogen-bond donors (Lipinski definition) is 0. The Morgan fingerprint density at radius 1 is 1.14 bits per heavy atom. The number of allylic oxidation sites excluding steroid dienone is 1. The summed E-state index contributed by atoms with van der Waals surface area (Å²) in [5, 5.41) is 0.788. The number of carbonyl (C=O) groups is 5. The van der Waals surface area contributed by atoms with Gasteiger partial charge in [0.1, 0.15) is 12.6 Å². The molecule has 0 heterocycles. The van der Waals surface area contributed by atoms with Crippen molar-refractivity contribution in [3.63, 3.8) is 0 Å². The molecule has 0 spiro atoms. The summed E-state index contributed by atoms with van der Waals surface area (Å²) >= 11 is 0. The van der Waals surface area contributed by atoms with Crippen LogP contribution in [0, 0.1) is 0 Å². The lowest BCUT2D eigenvalue weighted by molar-refractivity contribution is -0.181. The summed E-state index contributed by atoms with van der Waals surface area (Å²) in [6.07, 6.45) is 4.83. The molecule has 2 amide bonds. The van der Waals surface area contributed by atoms with Crippen LogP contribution < -0.4 is 0 Å². The van der Waals surface area contributed by atoms with Crippen LogP contribution in [0.1, 0.15) is 26.2 Å². The normalized spacial score (nSPS) is 9.23. The SMILES string of the molecule is CCCN(C)C(=O)/C=C\C=O.CN(OC=O)C(=O)CCC=O. The third kappa shape index (κ3) is 12.5. The Bertz CT molecular complexity index is 395. The van der Waals surface area contributed by atoms with Gasteiger partial charge in [0.15, 0.2) is 0 Å². The van der Waals surface area contributed by atoms with Gasteiger partial charge in [0.25, 0.3) is 5.91 Å². The van der Waals surface area contributed by atoms with Crippen molar-refractivity contribution in [3.8, 4) is 0 Å². The molecule has 0 aliphatic heterocycles. The number of amides is 2. The van der Waals surface area contributed by atoms with Crippen LogP contribution >= 0.6 is 0 Å². The molecule has 8 nitrogen and oxygen atoms in total. The summed E-state index contributed by atoms with van der Waals surface area (Å²) in [6, 6.07) is 0. The molecule has 0 aliphatic carbocycles. The molecule has 124 valence electrons. The number of hydroxylamine groups is 2. The summed E-state index contributed by atoms with van der Waals surface area (Å²) in [6.45, 7) is 2.87. The monoisotopic (exact) mass is 314 g/mol. The maximum atomic E-state index is 11.0. The van der Waals surface area contributed by atoms with Crippen molar-refractivity contribution in [2.24, 2.45) is 0 Å². The van der Waals surface area contributed by atoms with E-state index in [2.05, 4.69) is 4.84 Å². The number of hydrogen-bond acceptors (Lipinski definition) is 6. The molecule has 0 aromatic heterocycles. The second kappa shape index (κ2) is 14.9. The molecule has 0 saturated heterocycles. The van der Waals surface area contributed by atoms with Crippen molar-refractivity contribution in [1.29, 1.82) is 0 Å². The third-order valence-electron chi connectivity index (χ3n) is 2.28. The summed E-state index contributed by atoms with van der Waals surface area (Å²) in [7, 11) is 3.02. The zero-order chi connectivity index (χ0) is 17.4. The van der Waals surface area contributed by atoms with Crippen LogP contribution in [0.4, 0.5) is 0 Å². The summed E-state index contributed by atoms with van der Waals surface area (Å²) in [5.41, 5.74) is 0. The lowest BCUT2D eigenvalue weighted by Gasteiger charge is -2.12. The lowest BCUT2D eigenvalue weighted by Crippen LogP contribution is -2.26. The topological polar surface area (TPSA) is 101 Å². The van der Waals surface area contributed by atoms with E-state index in [4.69, 9.17) is 0 Å². The van der Waals surface area contributed by atoms with Gasteiger partial charge >= 0.3 is 6.47 Å². The van der Waals surface area contributed by atoms with Crippen molar-refractivity contribution in [1.82, 2.24) is 9.96 Å². The highest BCUT2D eigenvalue weighted by molar-refractivity contribution is 5.90. The predicted molar refractivity (Wildman–Crippen MR) is 78.3 cm³/mol. The Balaban J connectivity index is 0. The molecule has 0 fully saturated rings. The van der Waals surface area contributed by atoms with Crippen LogP contribution in [0.15, 0.2) is 12.2 Å². The molecule has 0 atom stereocenters. The average molecular weight is 314 g/mol. The van der Waals surface area contributed by atoms with Gasteiger partial charge in [-0.25, -0.2) is 0 Å². The molecule has 22 heavy (non-hydrogen) atoms. The van der Waals surface area contributed by atoms with Gasteiger partial charge in [-0.15, -0.1) is 0 Å². The first-order valence-corrected chi connectivity index (χ1v) is 6.62. The number of aldehydes is 2.